The maximum Gasteiger partial charge on any atom is 0.461 e. The molecule has 22 heteroatoms. The summed E-state index contributed by atoms with van der Waals surface area (Å²) in [5.74, 6) is -14.9. The fourth-order valence-corrected chi connectivity index (χ4v) is 3.08. The van der Waals surface area contributed by atoms with E-state index in [1.54, 1.807) is 0 Å². The van der Waals surface area contributed by atoms with Crippen molar-refractivity contribution in [3.05, 3.63) is 0 Å². The molecule has 0 aliphatic carbocycles. The molecule has 0 fully saturated rings. The molecule has 0 aromatic rings. The van der Waals surface area contributed by atoms with Gasteiger partial charge in [-0.05, 0) is 6.92 Å². The van der Waals surface area contributed by atoms with Gasteiger partial charge in [0.25, 0.3) is 0 Å². The van der Waals surface area contributed by atoms with Gasteiger partial charge in [-0.2, -0.15) is 78.3 Å². The van der Waals surface area contributed by atoms with Crippen LogP contribution >= 0.6 is 0 Å². The zero-order valence-electron chi connectivity index (χ0n) is 13.1. The number of hydrogen-bond donors (Lipinski definition) is 0. The van der Waals surface area contributed by atoms with Gasteiger partial charge in [0.15, 0.2) is 6.29 Å². The fraction of sp³-hybridized carbons (Fsp3) is 1.00. The van der Waals surface area contributed by atoms with Gasteiger partial charge in [-0.3, -0.25) is 0 Å². The normalized spacial score (nSPS) is 16.3. The van der Waals surface area contributed by atoms with Crippen LogP contribution in [0.5, 0.6) is 0 Å². The zero-order valence-corrected chi connectivity index (χ0v) is 14.8. The summed E-state index contributed by atoms with van der Waals surface area (Å²) in [5.41, 5.74) is 0. The van der Waals surface area contributed by atoms with Crippen LogP contribution in [0.2, 0.25) is 0 Å². The molecule has 0 saturated carbocycles. The Balaban J connectivity index is 5.93. The molecule has 0 N–H and O–H groups in total. The van der Waals surface area contributed by atoms with Crippen LogP contribution in [0.25, 0.3) is 0 Å². The van der Waals surface area contributed by atoms with Gasteiger partial charge in [-0.15, -0.1) is 0 Å². The third-order valence-electron chi connectivity index (χ3n) is 2.60. The minimum atomic E-state index is -7.63. The Morgan fingerprint density at radius 1 is 0.533 bits per heavy atom. The molecule has 0 spiro atoms. The summed E-state index contributed by atoms with van der Waals surface area (Å²) in [6.07, 6.45) is -18.4. The van der Waals surface area contributed by atoms with Gasteiger partial charge < -0.3 is 0 Å². The number of hydrogen-bond acceptors (Lipinski definition) is 6. The Morgan fingerprint density at radius 3 is 0.900 bits per heavy atom. The predicted octanol–water partition coefficient (Wildman–Crippen LogP) is 3.61. The summed E-state index contributed by atoms with van der Waals surface area (Å²) in [7, 11) is -15.3. The number of alkyl halides is 14. The van der Waals surface area contributed by atoms with Crippen molar-refractivity contribution < 1.29 is 86.7 Å². The fourth-order valence-electron chi connectivity index (χ4n) is 1.14. The van der Waals surface area contributed by atoms with Crippen molar-refractivity contribution in [2.75, 3.05) is 0 Å². The Kier molecular flexibility index (Phi) is 7.17. The molecule has 0 aromatic heterocycles. The minimum absolute atomic E-state index is 0.418. The number of rotatable bonds is 8. The monoisotopic (exact) mass is 526 g/mol. The first-order valence-corrected chi connectivity index (χ1v) is 8.92. The maximum absolute atomic E-state index is 13.0. The molecule has 30 heavy (non-hydrogen) atoms. The first-order chi connectivity index (χ1) is 12.6. The maximum atomic E-state index is 13.0. The lowest BCUT2D eigenvalue weighted by atomic mass is 10.3. The molecule has 0 unspecified atom stereocenters. The lowest BCUT2D eigenvalue weighted by Gasteiger charge is -2.29. The average Bonchev–Trinajstić information content (AvgIpc) is 2.42. The van der Waals surface area contributed by atoms with Crippen molar-refractivity contribution in [2.45, 2.75) is 47.9 Å². The minimum Gasteiger partial charge on any atom is -0.232 e. The second-order valence-corrected chi connectivity index (χ2v) is 8.07. The highest BCUT2D eigenvalue weighted by Crippen LogP contribution is 2.51. The Bertz CT molecular complexity index is 769. The molecular formula is C8H4F14O6S2. The molecule has 0 amide bonds. The third kappa shape index (κ3) is 4.54. The molecule has 0 aliphatic heterocycles. The lowest BCUT2D eigenvalue weighted by molar-refractivity contribution is -0.334. The van der Waals surface area contributed by atoms with Gasteiger partial charge in [-0.25, -0.2) is 8.37 Å². The summed E-state index contributed by atoms with van der Waals surface area (Å²) in [6, 6.07) is 0. The van der Waals surface area contributed by atoms with Crippen molar-refractivity contribution in [1.82, 2.24) is 0 Å². The quantitative estimate of drug-likeness (QED) is 0.273. The van der Waals surface area contributed by atoms with Gasteiger partial charge >= 0.3 is 54.9 Å². The largest absolute Gasteiger partial charge is 0.461 e. The first kappa shape index (κ1) is 28.8. The van der Waals surface area contributed by atoms with E-state index in [1.807, 2.05) is 0 Å². The van der Waals surface area contributed by atoms with Crippen LogP contribution < -0.4 is 0 Å². The Morgan fingerprint density at radius 2 is 0.733 bits per heavy atom. The smallest absolute Gasteiger partial charge is 0.232 e. The highest BCUT2D eigenvalue weighted by Gasteiger charge is 2.81. The standard InChI is InChI=1S/C8H4F14O6S2/c1-2(27-29(23,24)7(19,20)3(9,10)5(13,14)15)28-30(25,26)8(21,22)4(11,12)6(16,17)18/h2H,1H3. The molecule has 0 heterocycles. The van der Waals surface area contributed by atoms with Gasteiger partial charge in [0, 0.05) is 0 Å². The van der Waals surface area contributed by atoms with E-state index in [9.17, 15) is 78.3 Å². The molecule has 0 bridgehead atoms. The van der Waals surface area contributed by atoms with Crippen LogP contribution in [0.4, 0.5) is 61.5 Å². The predicted molar refractivity (Wildman–Crippen MR) is 61.4 cm³/mol. The molecule has 0 rings (SSSR count). The van der Waals surface area contributed by atoms with E-state index in [0.29, 0.717) is 0 Å². The summed E-state index contributed by atoms with van der Waals surface area (Å²) in [5, 5.41) is -14.5. The summed E-state index contributed by atoms with van der Waals surface area (Å²) in [6.45, 7) is -0.418. The van der Waals surface area contributed by atoms with Crippen molar-refractivity contribution in [2.24, 2.45) is 0 Å². The topological polar surface area (TPSA) is 86.7 Å². The SMILES string of the molecule is CC(OS(=O)(=O)C(F)(F)C(F)(F)C(F)(F)F)OS(=O)(=O)C(F)(F)C(F)(F)C(F)(F)F. The highest BCUT2D eigenvalue weighted by molar-refractivity contribution is 7.88. The van der Waals surface area contributed by atoms with Crippen molar-refractivity contribution in [1.29, 1.82) is 0 Å². The van der Waals surface area contributed by atoms with Crippen LogP contribution in [-0.2, 0) is 28.6 Å². The lowest BCUT2D eigenvalue weighted by Crippen LogP contribution is -2.58. The molecule has 0 aliphatic rings. The highest BCUT2D eigenvalue weighted by atomic mass is 32.2. The first-order valence-electron chi connectivity index (χ1n) is 6.10. The van der Waals surface area contributed by atoms with Crippen LogP contribution in [0.3, 0.4) is 0 Å². The van der Waals surface area contributed by atoms with Crippen molar-refractivity contribution in [3.63, 3.8) is 0 Å². The average molecular weight is 526 g/mol. The molecule has 0 radical (unpaired) electrons. The van der Waals surface area contributed by atoms with Gasteiger partial charge in [-0.1, -0.05) is 0 Å². The summed E-state index contributed by atoms with van der Waals surface area (Å²) in [4.78, 5) is 0. The van der Waals surface area contributed by atoms with E-state index < -0.39 is 68.2 Å². The van der Waals surface area contributed by atoms with Gasteiger partial charge in [0.1, 0.15) is 0 Å². The van der Waals surface area contributed by atoms with E-state index in [-0.39, 0.29) is 0 Å². The van der Waals surface area contributed by atoms with Gasteiger partial charge in [0.05, 0.1) is 0 Å². The van der Waals surface area contributed by atoms with E-state index in [0.717, 1.165) is 0 Å². The van der Waals surface area contributed by atoms with Crippen LogP contribution in [0.1, 0.15) is 6.92 Å². The van der Waals surface area contributed by atoms with E-state index in [4.69, 9.17) is 0 Å². The van der Waals surface area contributed by atoms with Crippen molar-refractivity contribution in [3.8, 4) is 0 Å². The van der Waals surface area contributed by atoms with Crippen LogP contribution in [0.15, 0.2) is 0 Å². The van der Waals surface area contributed by atoms with Gasteiger partial charge in [0.2, 0.25) is 0 Å². The number of halogens is 14. The molecule has 0 atom stereocenters. The second kappa shape index (κ2) is 7.46. The summed E-state index contributed by atoms with van der Waals surface area (Å²) < 4.78 is 223. The Labute approximate surface area is 156 Å². The second-order valence-electron chi connectivity index (χ2n) is 4.85. The molecule has 6 nitrogen and oxygen atoms in total. The molecule has 0 aromatic carbocycles. The van der Waals surface area contributed by atoms with Crippen molar-refractivity contribution >= 4 is 20.2 Å². The molecule has 182 valence electrons. The molecular weight excluding hydrogens is 522 g/mol. The Hall–Kier alpha value is -1.16. The van der Waals surface area contributed by atoms with Crippen LogP contribution in [-0.4, -0.2) is 57.8 Å². The van der Waals surface area contributed by atoms with E-state index in [1.165, 1.54) is 0 Å². The zero-order chi connectivity index (χ0) is 25.0. The van der Waals surface area contributed by atoms with E-state index >= 15 is 0 Å². The molecule has 0 saturated heterocycles. The third-order valence-corrected chi connectivity index (χ3v) is 5.41. The van der Waals surface area contributed by atoms with E-state index in [2.05, 4.69) is 8.37 Å². The summed E-state index contributed by atoms with van der Waals surface area (Å²) >= 11 is 0. The van der Waals surface area contributed by atoms with Crippen LogP contribution in [0, 0.1) is 0 Å².